The van der Waals surface area contributed by atoms with Crippen LogP contribution < -0.4 is 10.0 Å². The number of hydrogen-bond donors (Lipinski definition) is 2. The van der Waals surface area contributed by atoms with Crippen LogP contribution >= 0.6 is 0 Å². The molecule has 1 saturated heterocycles. The van der Waals surface area contributed by atoms with E-state index in [0.29, 0.717) is 12.1 Å². The third kappa shape index (κ3) is 4.26. The first kappa shape index (κ1) is 15.9. The van der Waals surface area contributed by atoms with Crippen molar-refractivity contribution in [3.63, 3.8) is 0 Å². The largest absolute Gasteiger partial charge is 0.462 e. The number of benzene rings is 1. The minimum Gasteiger partial charge on any atom is -0.462 e. The van der Waals surface area contributed by atoms with Gasteiger partial charge >= 0.3 is 5.97 Å². The molecule has 2 rings (SSSR count). The zero-order valence-corrected chi connectivity index (χ0v) is 12.8. The second-order valence-corrected chi connectivity index (χ2v) is 6.66. The number of nitrogens with one attached hydrogen (secondary N) is 2. The van der Waals surface area contributed by atoms with Crippen LogP contribution in [0.3, 0.4) is 0 Å². The van der Waals surface area contributed by atoms with Gasteiger partial charge in [0.2, 0.25) is 10.0 Å². The van der Waals surface area contributed by atoms with Crippen LogP contribution in [0.1, 0.15) is 30.1 Å². The maximum atomic E-state index is 12.1. The van der Waals surface area contributed by atoms with E-state index in [1.165, 1.54) is 24.3 Å². The van der Waals surface area contributed by atoms with Crippen LogP contribution in [0.25, 0.3) is 0 Å². The summed E-state index contributed by atoms with van der Waals surface area (Å²) >= 11 is 0. The maximum absolute atomic E-state index is 12.1. The third-order valence-corrected chi connectivity index (χ3v) is 4.80. The van der Waals surface area contributed by atoms with E-state index in [1.54, 1.807) is 6.92 Å². The summed E-state index contributed by atoms with van der Waals surface area (Å²) in [6.07, 6.45) is 2.05. The second kappa shape index (κ2) is 7.02. The van der Waals surface area contributed by atoms with Crippen LogP contribution in [-0.2, 0) is 14.8 Å². The summed E-state index contributed by atoms with van der Waals surface area (Å²) < 4.78 is 31.7. The number of sulfonamides is 1. The van der Waals surface area contributed by atoms with Crippen molar-refractivity contribution in [3.05, 3.63) is 29.8 Å². The van der Waals surface area contributed by atoms with Crippen molar-refractivity contribution >= 4 is 16.0 Å². The van der Waals surface area contributed by atoms with Gasteiger partial charge in [0.25, 0.3) is 0 Å². The molecule has 1 fully saturated rings. The van der Waals surface area contributed by atoms with Gasteiger partial charge in [-0.3, -0.25) is 0 Å². The molecular formula is C14H20N2O4S. The molecule has 21 heavy (non-hydrogen) atoms. The minimum absolute atomic E-state index is 0.147. The molecule has 0 aromatic heterocycles. The number of ether oxygens (including phenoxy) is 1. The molecule has 116 valence electrons. The predicted octanol–water partition coefficient (Wildman–Crippen LogP) is 0.894. The molecule has 0 spiro atoms. The Kier molecular flexibility index (Phi) is 5.33. The molecule has 1 heterocycles. The van der Waals surface area contributed by atoms with Crippen LogP contribution in [-0.4, -0.2) is 40.1 Å². The van der Waals surface area contributed by atoms with E-state index in [-0.39, 0.29) is 17.5 Å². The first-order chi connectivity index (χ1) is 10.0. The standard InChI is InChI=1S/C14H20N2O4S/c1-2-20-14(17)11-5-7-13(8-6-11)21(18,19)16-10-12-4-3-9-15-12/h5-8,12,15-16H,2-4,9-10H2,1H3. The Bertz CT molecular complexity index is 577. The van der Waals surface area contributed by atoms with Crippen LogP contribution in [0.15, 0.2) is 29.2 Å². The van der Waals surface area contributed by atoms with Crippen LogP contribution in [0.4, 0.5) is 0 Å². The Morgan fingerprint density at radius 1 is 1.38 bits per heavy atom. The first-order valence-corrected chi connectivity index (χ1v) is 8.51. The van der Waals surface area contributed by atoms with Crippen molar-refractivity contribution in [1.29, 1.82) is 0 Å². The van der Waals surface area contributed by atoms with Gasteiger partial charge in [-0.25, -0.2) is 17.9 Å². The van der Waals surface area contributed by atoms with Gasteiger partial charge in [0.1, 0.15) is 0 Å². The van der Waals surface area contributed by atoms with Crippen LogP contribution in [0, 0.1) is 0 Å². The molecule has 1 aliphatic rings. The number of carbonyl (C=O) groups excluding carboxylic acids is 1. The highest BCUT2D eigenvalue weighted by Crippen LogP contribution is 2.12. The SMILES string of the molecule is CCOC(=O)c1ccc(S(=O)(=O)NCC2CCCN2)cc1. The van der Waals surface area contributed by atoms with Gasteiger partial charge in [-0.15, -0.1) is 0 Å². The lowest BCUT2D eigenvalue weighted by Gasteiger charge is -2.12. The molecule has 1 aromatic carbocycles. The predicted molar refractivity (Wildman–Crippen MR) is 78.6 cm³/mol. The molecule has 1 aliphatic heterocycles. The molecule has 1 atom stereocenters. The lowest BCUT2D eigenvalue weighted by molar-refractivity contribution is 0.0526. The summed E-state index contributed by atoms with van der Waals surface area (Å²) in [7, 11) is -3.54. The summed E-state index contributed by atoms with van der Waals surface area (Å²) in [5.41, 5.74) is 0.341. The molecule has 0 aliphatic carbocycles. The fraction of sp³-hybridized carbons (Fsp3) is 0.500. The van der Waals surface area contributed by atoms with E-state index < -0.39 is 16.0 Å². The molecule has 0 amide bonds. The van der Waals surface area contributed by atoms with Gasteiger partial charge < -0.3 is 10.1 Å². The quantitative estimate of drug-likeness (QED) is 0.762. The summed E-state index contributed by atoms with van der Waals surface area (Å²) in [6, 6.07) is 5.94. The Morgan fingerprint density at radius 2 is 2.10 bits per heavy atom. The molecule has 0 radical (unpaired) electrons. The Labute approximate surface area is 124 Å². The maximum Gasteiger partial charge on any atom is 0.338 e. The lowest BCUT2D eigenvalue weighted by atomic mass is 10.2. The van der Waals surface area contributed by atoms with Gasteiger partial charge in [0.15, 0.2) is 0 Å². The molecule has 6 nitrogen and oxygen atoms in total. The van der Waals surface area contributed by atoms with Crippen molar-refractivity contribution < 1.29 is 17.9 Å². The highest BCUT2D eigenvalue weighted by Gasteiger charge is 2.19. The summed E-state index contributed by atoms with van der Waals surface area (Å²) in [6.45, 7) is 3.31. The van der Waals surface area contributed by atoms with E-state index in [2.05, 4.69) is 10.0 Å². The second-order valence-electron chi connectivity index (χ2n) is 4.89. The van der Waals surface area contributed by atoms with E-state index in [0.717, 1.165) is 19.4 Å². The van der Waals surface area contributed by atoms with Crippen LogP contribution in [0.5, 0.6) is 0 Å². The van der Waals surface area contributed by atoms with E-state index in [1.807, 2.05) is 0 Å². The molecule has 7 heteroatoms. The number of carbonyl (C=O) groups is 1. The van der Waals surface area contributed by atoms with Gasteiger partial charge in [0, 0.05) is 12.6 Å². The number of rotatable bonds is 6. The monoisotopic (exact) mass is 312 g/mol. The van der Waals surface area contributed by atoms with Crippen molar-refractivity contribution in [3.8, 4) is 0 Å². The Hall–Kier alpha value is -1.44. The average molecular weight is 312 g/mol. The van der Waals surface area contributed by atoms with Gasteiger partial charge in [0.05, 0.1) is 17.1 Å². The molecule has 1 aromatic rings. The zero-order valence-electron chi connectivity index (χ0n) is 12.0. The van der Waals surface area contributed by atoms with E-state index in [9.17, 15) is 13.2 Å². The van der Waals surface area contributed by atoms with Gasteiger partial charge in [-0.05, 0) is 50.6 Å². The van der Waals surface area contributed by atoms with Gasteiger partial charge in [-0.1, -0.05) is 0 Å². The molecule has 2 N–H and O–H groups in total. The lowest BCUT2D eigenvalue weighted by Crippen LogP contribution is -2.37. The first-order valence-electron chi connectivity index (χ1n) is 7.03. The summed E-state index contributed by atoms with van der Waals surface area (Å²) in [5, 5.41) is 3.23. The fourth-order valence-corrected chi connectivity index (χ4v) is 3.29. The molecule has 0 bridgehead atoms. The van der Waals surface area contributed by atoms with Crippen LogP contribution in [0.2, 0.25) is 0 Å². The third-order valence-electron chi connectivity index (χ3n) is 3.36. The molecule has 1 unspecified atom stereocenters. The normalized spacial score (nSPS) is 18.6. The highest BCUT2D eigenvalue weighted by atomic mass is 32.2. The number of esters is 1. The smallest absolute Gasteiger partial charge is 0.338 e. The number of hydrogen-bond acceptors (Lipinski definition) is 5. The van der Waals surface area contributed by atoms with Crippen molar-refractivity contribution in [1.82, 2.24) is 10.0 Å². The summed E-state index contributed by atoms with van der Waals surface area (Å²) in [5.74, 6) is -0.454. The van der Waals surface area contributed by atoms with E-state index in [4.69, 9.17) is 4.74 Å². The topological polar surface area (TPSA) is 84.5 Å². The molecule has 0 saturated carbocycles. The minimum atomic E-state index is -3.54. The van der Waals surface area contributed by atoms with Crippen molar-refractivity contribution in [2.45, 2.75) is 30.7 Å². The highest BCUT2D eigenvalue weighted by molar-refractivity contribution is 7.89. The average Bonchev–Trinajstić information content (AvgIpc) is 2.99. The fourth-order valence-electron chi connectivity index (χ4n) is 2.21. The Balaban J connectivity index is 2.00. The van der Waals surface area contributed by atoms with Gasteiger partial charge in [-0.2, -0.15) is 0 Å². The summed E-state index contributed by atoms with van der Waals surface area (Å²) in [4.78, 5) is 11.7. The molecular weight excluding hydrogens is 292 g/mol. The Morgan fingerprint density at radius 3 is 2.67 bits per heavy atom. The van der Waals surface area contributed by atoms with Crippen molar-refractivity contribution in [2.24, 2.45) is 0 Å². The van der Waals surface area contributed by atoms with Crippen molar-refractivity contribution in [2.75, 3.05) is 19.7 Å². The van der Waals surface area contributed by atoms with E-state index >= 15 is 0 Å². The zero-order chi connectivity index (χ0) is 15.3.